The fourth-order valence-corrected chi connectivity index (χ4v) is 1.95. The Hall–Kier alpha value is -1.91. The monoisotopic (exact) mass is 254 g/mol. The summed E-state index contributed by atoms with van der Waals surface area (Å²) < 4.78 is 19.5. The second kappa shape index (κ2) is 4.40. The number of aromatic amines is 1. The number of aromatic nitrogens is 2. The SMILES string of the molecule is C#CC1(n2cc(F)c(=O)[nH]c2=O)CCC(CO)O1. The molecule has 0 amide bonds. The second-order valence-electron chi connectivity index (χ2n) is 4.00. The van der Waals surface area contributed by atoms with Crippen molar-refractivity contribution in [2.24, 2.45) is 0 Å². The maximum atomic E-state index is 13.2. The molecule has 1 fully saturated rings. The Morgan fingerprint density at radius 3 is 3.00 bits per heavy atom. The van der Waals surface area contributed by atoms with Crippen molar-refractivity contribution in [2.45, 2.75) is 24.7 Å². The molecule has 0 saturated carbocycles. The van der Waals surface area contributed by atoms with Gasteiger partial charge in [0, 0.05) is 6.42 Å². The number of nitrogens with one attached hydrogen (secondary N) is 1. The Morgan fingerprint density at radius 2 is 2.44 bits per heavy atom. The molecule has 1 aliphatic heterocycles. The van der Waals surface area contributed by atoms with E-state index in [0.717, 1.165) is 10.8 Å². The largest absolute Gasteiger partial charge is 0.394 e. The molecule has 96 valence electrons. The summed E-state index contributed by atoms with van der Waals surface area (Å²) in [5, 5.41) is 9.00. The van der Waals surface area contributed by atoms with Crippen LogP contribution in [0.4, 0.5) is 4.39 Å². The number of terminal acetylenes is 1. The predicted octanol–water partition coefficient (Wildman–Crippen LogP) is -0.867. The van der Waals surface area contributed by atoms with Gasteiger partial charge in [-0.15, -0.1) is 6.42 Å². The van der Waals surface area contributed by atoms with Gasteiger partial charge in [0.2, 0.25) is 11.5 Å². The molecule has 0 bridgehead atoms. The number of hydrogen-bond donors (Lipinski definition) is 2. The fraction of sp³-hybridized carbons (Fsp3) is 0.455. The molecule has 2 unspecified atom stereocenters. The topological polar surface area (TPSA) is 84.3 Å². The van der Waals surface area contributed by atoms with Gasteiger partial charge in [0.05, 0.1) is 18.9 Å². The molecule has 2 rings (SSSR count). The van der Waals surface area contributed by atoms with Gasteiger partial charge < -0.3 is 9.84 Å². The lowest BCUT2D eigenvalue weighted by Gasteiger charge is -2.25. The molecule has 2 heterocycles. The summed E-state index contributed by atoms with van der Waals surface area (Å²) in [6.07, 6.45) is 6.24. The molecule has 0 aromatic carbocycles. The van der Waals surface area contributed by atoms with Gasteiger partial charge in [-0.3, -0.25) is 14.3 Å². The van der Waals surface area contributed by atoms with Gasteiger partial charge in [-0.25, -0.2) is 4.79 Å². The highest BCUT2D eigenvalue weighted by Gasteiger charge is 2.41. The molecular weight excluding hydrogens is 243 g/mol. The number of ether oxygens (including phenoxy) is 1. The first kappa shape index (κ1) is 12.5. The number of rotatable bonds is 2. The van der Waals surface area contributed by atoms with Crippen LogP contribution < -0.4 is 11.2 Å². The van der Waals surface area contributed by atoms with E-state index < -0.39 is 28.9 Å². The van der Waals surface area contributed by atoms with Crippen molar-refractivity contribution in [1.82, 2.24) is 9.55 Å². The molecule has 2 atom stereocenters. The van der Waals surface area contributed by atoms with Crippen LogP contribution in [0.25, 0.3) is 0 Å². The van der Waals surface area contributed by atoms with Crippen molar-refractivity contribution in [3.63, 3.8) is 0 Å². The molecule has 1 aliphatic rings. The number of aliphatic hydroxyl groups is 1. The summed E-state index contributed by atoms with van der Waals surface area (Å²) >= 11 is 0. The first-order valence-corrected chi connectivity index (χ1v) is 5.31. The summed E-state index contributed by atoms with van der Waals surface area (Å²) in [6, 6.07) is 0. The van der Waals surface area contributed by atoms with Gasteiger partial charge >= 0.3 is 5.69 Å². The highest BCUT2D eigenvalue weighted by Crippen LogP contribution is 2.32. The zero-order valence-electron chi connectivity index (χ0n) is 9.35. The molecule has 18 heavy (non-hydrogen) atoms. The van der Waals surface area contributed by atoms with E-state index in [1.807, 2.05) is 4.98 Å². The van der Waals surface area contributed by atoms with Crippen molar-refractivity contribution in [1.29, 1.82) is 0 Å². The number of nitrogens with zero attached hydrogens (tertiary/aromatic N) is 1. The second-order valence-corrected chi connectivity index (χ2v) is 4.00. The van der Waals surface area contributed by atoms with Gasteiger partial charge in [0.15, 0.2) is 0 Å². The fourth-order valence-electron chi connectivity index (χ4n) is 1.95. The Kier molecular flexibility index (Phi) is 3.07. The van der Waals surface area contributed by atoms with Crippen LogP contribution in [0.1, 0.15) is 12.8 Å². The van der Waals surface area contributed by atoms with Crippen LogP contribution in [0, 0.1) is 18.2 Å². The molecule has 1 aromatic heterocycles. The summed E-state index contributed by atoms with van der Waals surface area (Å²) in [6.45, 7) is -0.246. The summed E-state index contributed by atoms with van der Waals surface area (Å²) in [5.74, 6) is 1.16. The van der Waals surface area contributed by atoms with Crippen molar-refractivity contribution in [2.75, 3.05) is 6.61 Å². The van der Waals surface area contributed by atoms with Crippen molar-refractivity contribution < 1.29 is 14.2 Å². The molecule has 1 aromatic rings. The third kappa shape index (κ3) is 1.85. The average Bonchev–Trinajstić information content (AvgIpc) is 2.78. The average molecular weight is 254 g/mol. The van der Waals surface area contributed by atoms with Crippen LogP contribution in [-0.4, -0.2) is 27.4 Å². The minimum Gasteiger partial charge on any atom is -0.394 e. The molecule has 2 N–H and O–H groups in total. The first-order valence-electron chi connectivity index (χ1n) is 5.31. The van der Waals surface area contributed by atoms with E-state index in [2.05, 4.69) is 5.92 Å². The Bertz CT molecular complexity index is 615. The number of aliphatic hydroxyl groups excluding tert-OH is 1. The zero-order chi connectivity index (χ0) is 13.3. The molecule has 0 spiro atoms. The maximum Gasteiger partial charge on any atom is 0.331 e. The first-order chi connectivity index (χ1) is 8.52. The van der Waals surface area contributed by atoms with Crippen molar-refractivity contribution >= 4 is 0 Å². The third-order valence-corrected chi connectivity index (χ3v) is 2.88. The highest BCUT2D eigenvalue weighted by atomic mass is 19.1. The summed E-state index contributed by atoms with van der Waals surface area (Å²) in [7, 11) is 0. The zero-order valence-corrected chi connectivity index (χ0v) is 9.35. The van der Waals surface area contributed by atoms with Crippen LogP contribution in [0.3, 0.4) is 0 Å². The summed E-state index contributed by atoms with van der Waals surface area (Å²) in [5.41, 5.74) is -3.42. The smallest absolute Gasteiger partial charge is 0.331 e. The minimum atomic E-state index is -1.46. The van der Waals surface area contributed by atoms with Crippen molar-refractivity contribution in [3.8, 4) is 12.3 Å². The quantitative estimate of drug-likeness (QED) is 0.672. The van der Waals surface area contributed by atoms with Gasteiger partial charge in [-0.05, 0) is 12.3 Å². The van der Waals surface area contributed by atoms with E-state index >= 15 is 0 Å². The standard InChI is InChI=1S/C11H11FN2O4/c1-2-11(4-3-7(6-15)18-11)14-5-8(12)9(16)13-10(14)17/h1,5,7,15H,3-4,6H2,(H,13,16,17). The van der Waals surface area contributed by atoms with E-state index in [-0.39, 0.29) is 13.0 Å². The Labute approximate surface area is 101 Å². The highest BCUT2D eigenvalue weighted by molar-refractivity contribution is 5.10. The van der Waals surface area contributed by atoms with Gasteiger partial charge in [0.25, 0.3) is 5.56 Å². The van der Waals surface area contributed by atoms with Gasteiger partial charge in [-0.2, -0.15) is 4.39 Å². The van der Waals surface area contributed by atoms with E-state index in [1.54, 1.807) is 0 Å². The van der Waals surface area contributed by atoms with Crippen LogP contribution >= 0.6 is 0 Å². The van der Waals surface area contributed by atoms with E-state index in [1.165, 1.54) is 0 Å². The van der Waals surface area contributed by atoms with Crippen LogP contribution in [0.5, 0.6) is 0 Å². The lowest BCUT2D eigenvalue weighted by atomic mass is 10.1. The van der Waals surface area contributed by atoms with Crippen LogP contribution in [0.15, 0.2) is 15.8 Å². The lowest BCUT2D eigenvalue weighted by Crippen LogP contribution is -2.44. The van der Waals surface area contributed by atoms with Crippen LogP contribution in [0.2, 0.25) is 0 Å². The third-order valence-electron chi connectivity index (χ3n) is 2.88. The molecule has 6 nitrogen and oxygen atoms in total. The molecule has 7 heteroatoms. The minimum absolute atomic E-state index is 0.246. The molecule has 0 aliphatic carbocycles. The lowest BCUT2D eigenvalue weighted by molar-refractivity contribution is -0.0730. The molecule has 0 radical (unpaired) electrons. The number of hydrogen-bond acceptors (Lipinski definition) is 4. The van der Waals surface area contributed by atoms with E-state index in [0.29, 0.717) is 6.42 Å². The molecule has 1 saturated heterocycles. The van der Waals surface area contributed by atoms with Gasteiger partial charge in [-0.1, -0.05) is 0 Å². The number of H-pyrrole nitrogens is 1. The Morgan fingerprint density at radius 1 is 1.72 bits per heavy atom. The predicted molar refractivity (Wildman–Crippen MR) is 59.3 cm³/mol. The Balaban J connectivity index is 2.54. The molecular formula is C11H11FN2O4. The normalized spacial score (nSPS) is 27.1. The van der Waals surface area contributed by atoms with E-state index in [9.17, 15) is 14.0 Å². The maximum absolute atomic E-state index is 13.2. The van der Waals surface area contributed by atoms with E-state index in [4.69, 9.17) is 16.3 Å². The number of halogens is 1. The van der Waals surface area contributed by atoms with Crippen LogP contribution in [-0.2, 0) is 10.5 Å². The summed E-state index contributed by atoms with van der Waals surface area (Å²) in [4.78, 5) is 24.4. The van der Waals surface area contributed by atoms with Crippen molar-refractivity contribution in [3.05, 3.63) is 32.9 Å². The van der Waals surface area contributed by atoms with Gasteiger partial charge in [0.1, 0.15) is 0 Å².